The Bertz CT molecular complexity index is 3170. The Morgan fingerprint density at radius 2 is 0.933 bits per heavy atom. The van der Waals surface area contributed by atoms with Crippen molar-refractivity contribution in [3.63, 3.8) is 0 Å². The molecule has 1 heterocycles. The molecule has 8 aromatic carbocycles. The van der Waals surface area contributed by atoms with Crippen LogP contribution in [0.2, 0.25) is 0 Å². The second kappa shape index (κ2) is 14.4. The van der Waals surface area contributed by atoms with E-state index >= 15 is 0 Å². The van der Waals surface area contributed by atoms with Crippen LogP contribution in [-0.2, 0) is 5.41 Å². The molecule has 0 spiro atoms. The highest BCUT2D eigenvalue weighted by atomic mass is 15.0. The fourth-order valence-corrected chi connectivity index (χ4v) is 9.32. The molecule has 60 heavy (non-hydrogen) atoms. The van der Waals surface area contributed by atoms with Crippen LogP contribution in [0.3, 0.4) is 0 Å². The first-order chi connectivity index (χ1) is 29.5. The number of benzene rings is 8. The largest absolute Gasteiger partial charge is 0.208 e. The van der Waals surface area contributed by atoms with Crippen molar-refractivity contribution in [1.29, 1.82) is 0 Å². The molecule has 0 saturated heterocycles. The molecule has 0 saturated carbocycles. The average molecular weight is 768 g/mol. The number of fused-ring (bicyclic) bond motifs is 5. The van der Waals surface area contributed by atoms with Crippen molar-refractivity contribution >= 4 is 22.9 Å². The molecule has 0 amide bonds. The van der Waals surface area contributed by atoms with E-state index in [0.29, 0.717) is 17.5 Å². The van der Waals surface area contributed by atoms with Crippen LogP contribution in [0.15, 0.2) is 188 Å². The molecule has 0 atom stereocenters. The average Bonchev–Trinajstić information content (AvgIpc) is 3.42. The van der Waals surface area contributed by atoms with Crippen LogP contribution in [0, 0.1) is 0 Å². The fourth-order valence-electron chi connectivity index (χ4n) is 9.32. The third-order valence-corrected chi connectivity index (χ3v) is 12.4. The van der Waals surface area contributed by atoms with Gasteiger partial charge in [-0.1, -0.05) is 202 Å². The van der Waals surface area contributed by atoms with Crippen LogP contribution in [0.4, 0.5) is 0 Å². The molecule has 0 radical (unpaired) electrons. The fraction of sp³-hybridized carbons (Fsp3) is 0.0702. The summed E-state index contributed by atoms with van der Waals surface area (Å²) in [6.07, 6.45) is 9.74. The second-order valence-electron chi connectivity index (χ2n) is 16.3. The first-order valence-corrected chi connectivity index (χ1v) is 20.8. The lowest BCUT2D eigenvalue weighted by Crippen LogP contribution is -2.14. The number of rotatable bonds is 6. The quantitative estimate of drug-likeness (QED) is 0.169. The molecular formula is C57H41N3. The van der Waals surface area contributed by atoms with Gasteiger partial charge in [-0.15, -0.1) is 0 Å². The van der Waals surface area contributed by atoms with Crippen molar-refractivity contribution < 1.29 is 0 Å². The summed E-state index contributed by atoms with van der Waals surface area (Å²) in [7, 11) is 0. The zero-order valence-corrected chi connectivity index (χ0v) is 33.6. The molecule has 2 aliphatic rings. The minimum atomic E-state index is -0.0894. The van der Waals surface area contributed by atoms with E-state index in [-0.39, 0.29) is 5.41 Å². The van der Waals surface area contributed by atoms with Gasteiger partial charge in [-0.3, -0.25) is 0 Å². The van der Waals surface area contributed by atoms with E-state index in [2.05, 4.69) is 208 Å². The summed E-state index contributed by atoms with van der Waals surface area (Å²) in [5, 5.41) is 2.25. The maximum absolute atomic E-state index is 5.45. The zero-order valence-electron chi connectivity index (χ0n) is 33.6. The van der Waals surface area contributed by atoms with Gasteiger partial charge < -0.3 is 0 Å². The first kappa shape index (κ1) is 35.7. The van der Waals surface area contributed by atoms with Crippen LogP contribution in [-0.4, -0.2) is 15.0 Å². The lowest BCUT2D eigenvalue weighted by molar-refractivity contribution is 0.660. The van der Waals surface area contributed by atoms with Gasteiger partial charge >= 0.3 is 0 Å². The minimum absolute atomic E-state index is 0.0894. The summed E-state index contributed by atoms with van der Waals surface area (Å²) in [5.41, 5.74) is 17.3. The van der Waals surface area contributed by atoms with Crippen LogP contribution in [0.25, 0.3) is 102 Å². The first-order valence-electron chi connectivity index (χ1n) is 20.8. The van der Waals surface area contributed by atoms with Gasteiger partial charge in [0.05, 0.1) is 0 Å². The van der Waals surface area contributed by atoms with E-state index in [1.165, 1.54) is 38.9 Å². The molecular weight excluding hydrogens is 727 g/mol. The van der Waals surface area contributed by atoms with Gasteiger partial charge in [0.15, 0.2) is 17.5 Å². The van der Waals surface area contributed by atoms with Crippen molar-refractivity contribution in [1.82, 2.24) is 15.0 Å². The van der Waals surface area contributed by atoms with Crippen LogP contribution < -0.4 is 0 Å². The summed E-state index contributed by atoms with van der Waals surface area (Å²) in [6.45, 7) is 4.68. The third kappa shape index (κ3) is 6.01. The molecule has 1 aromatic heterocycles. The van der Waals surface area contributed by atoms with Crippen LogP contribution in [0.5, 0.6) is 0 Å². The van der Waals surface area contributed by atoms with Gasteiger partial charge in [0.2, 0.25) is 0 Å². The smallest absolute Gasteiger partial charge is 0.165 e. The van der Waals surface area contributed by atoms with E-state index in [1.54, 1.807) is 0 Å². The van der Waals surface area contributed by atoms with Gasteiger partial charge in [-0.25, -0.2) is 15.0 Å². The standard InChI is InChI=1S/C57H41N3/c1-57(2)51-25-15-14-24-48(51)49-33-31-42(36-52(49)57)43-34-35-50(47-23-13-12-22-46(43)47)55-58-54(41-28-26-38(27-29-41)37-16-6-3-7-17-37)59-56(60-55)53-44-21-11-5-10-20-40(44)30-32-45(53)39-18-8-4-9-19-39/h3-4,6-36H,5H2,1-2H3. The van der Waals surface area contributed by atoms with E-state index in [1.807, 2.05) is 6.07 Å². The van der Waals surface area contributed by atoms with E-state index in [0.717, 1.165) is 61.7 Å². The Hall–Kier alpha value is -7.49. The molecule has 3 nitrogen and oxygen atoms in total. The van der Waals surface area contributed by atoms with Crippen molar-refractivity contribution in [3.05, 3.63) is 210 Å². The Kier molecular flexibility index (Phi) is 8.56. The Morgan fingerprint density at radius 1 is 0.383 bits per heavy atom. The molecule has 9 aromatic rings. The number of nitrogens with zero attached hydrogens (tertiary/aromatic N) is 3. The topological polar surface area (TPSA) is 38.7 Å². The summed E-state index contributed by atoms with van der Waals surface area (Å²) >= 11 is 0. The number of aromatic nitrogens is 3. The summed E-state index contributed by atoms with van der Waals surface area (Å²) in [4.78, 5) is 16.1. The van der Waals surface area contributed by atoms with Gasteiger partial charge in [0, 0.05) is 22.1 Å². The minimum Gasteiger partial charge on any atom is -0.208 e. The van der Waals surface area contributed by atoms with Crippen LogP contribution in [0.1, 0.15) is 42.5 Å². The molecule has 0 fully saturated rings. The number of allylic oxidation sites excluding steroid dienone is 2. The Balaban J connectivity index is 1.12. The van der Waals surface area contributed by atoms with Gasteiger partial charge in [0.25, 0.3) is 0 Å². The third-order valence-electron chi connectivity index (χ3n) is 12.4. The SMILES string of the molecule is CC1(C)c2ccccc2-c2ccc(-c3ccc(-c4nc(-c5ccc(-c6ccccc6)cc5)nc(-c5c(-c6ccccc6)ccc6c5C=CCC=C6)n4)c4ccccc34)cc21. The van der Waals surface area contributed by atoms with Crippen molar-refractivity contribution in [2.75, 3.05) is 0 Å². The number of hydrogen-bond acceptors (Lipinski definition) is 3. The summed E-state index contributed by atoms with van der Waals surface area (Å²) in [6, 6.07) is 63.0. The monoisotopic (exact) mass is 767 g/mol. The van der Waals surface area contributed by atoms with E-state index in [9.17, 15) is 0 Å². The van der Waals surface area contributed by atoms with Crippen molar-refractivity contribution in [2.45, 2.75) is 25.7 Å². The zero-order chi connectivity index (χ0) is 40.2. The molecule has 2 aliphatic carbocycles. The van der Waals surface area contributed by atoms with E-state index < -0.39 is 0 Å². The predicted octanol–water partition coefficient (Wildman–Crippen LogP) is 14.8. The molecule has 11 rings (SSSR count). The van der Waals surface area contributed by atoms with Crippen molar-refractivity contribution in [3.8, 4) is 78.7 Å². The molecule has 0 unspecified atom stereocenters. The normalized spacial score (nSPS) is 13.4. The Morgan fingerprint density at radius 3 is 1.73 bits per heavy atom. The molecule has 0 aliphatic heterocycles. The maximum Gasteiger partial charge on any atom is 0.165 e. The Labute approximate surface area is 351 Å². The summed E-state index contributed by atoms with van der Waals surface area (Å²) < 4.78 is 0. The highest BCUT2D eigenvalue weighted by Crippen LogP contribution is 2.50. The molecule has 0 N–H and O–H groups in total. The van der Waals surface area contributed by atoms with Gasteiger partial charge in [-0.05, 0) is 96.1 Å². The predicted molar refractivity (Wildman–Crippen MR) is 250 cm³/mol. The van der Waals surface area contributed by atoms with Gasteiger partial charge in [0.1, 0.15) is 0 Å². The maximum atomic E-state index is 5.45. The van der Waals surface area contributed by atoms with E-state index in [4.69, 9.17) is 15.0 Å². The van der Waals surface area contributed by atoms with Gasteiger partial charge in [-0.2, -0.15) is 0 Å². The summed E-state index contributed by atoms with van der Waals surface area (Å²) in [5.74, 6) is 1.92. The number of hydrogen-bond donors (Lipinski definition) is 0. The molecule has 3 heteroatoms. The van der Waals surface area contributed by atoms with Crippen LogP contribution >= 0.6 is 0 Å². The lowest BCUT2D eigenvalue weighted by Gasteiger charge is -2.22. The highest BCUT2D eigenvalue weighted by molar-refractivity contribution is 6.05. The molecule has 0 bridgehead atoms. The molecule has 284 valence electrons. The second-order valence-corrected chi connectivity index (χ2v) is 16.3. The highest BCUT2D eigenvalue weighted by Gasteiger charge is 2.35. The lowest BCUT2D eigenvalue weighted by atomic mass is 9.81. The van der Waals surface area contributed by atoms with Crippen molar-refractivity contribution in [2.24, 2.45) is 0 Å².